The molecule has 2 aromatic carbocycles. The van der Waals surface area contributed by atoms with Crippen molar-refractivity contribution in [3.8, 4) is 29.1 Å². The molecule has 2 rings (SSSR count). The fourth-order valence-electron chi connectivity index (χ4n) is 2.38. The highest BCUT2D eigenvalue weighted by Gasteiger charge is 2.32. The average molecular weight is 370 g/mol. The van der Waals surface area contributed by atoms with Gasteiger partial charge in [-0.15, -0.1) is 0 Å². The monoisotopic (exact) mass is 370 g/mol. The van der Waals surface area contributed by atoms with Gasteiger partial charge in [-0.3, -0.25) is 14.9 Å². The molecule has 140 valence electrons. The number of hydrogen-bond donors (Lipinski definition) is 1. The van der Waals surface area contributed by atoms with Crippen molar-refractivity contribution in [1.82, 2.24) is 5.32 Å². The van der Waals surface area contributed by atoms with Crippen LogP contribution in [0.15, 0.2) is 36.4 Å². The minimum Gasteiger partial charge on any atom is -0.493 e. The van der Waals surface area contributed by atoms with Gasteiger partial charge in [-0.2, -0.15) is 0 Å². The molecule has 0 fully saturated rings. The van der Waals surface area contributed by atoms with E-state index in [4.69, 9.17) is 14.2 Å². The lowest BCUT2D eigenvalue weighted by molar-refractivity contribution is -0.386. The van der Waals surface area contributed by atoms with E-state index in [0.29, 0.717) is 0 Å². The van der Waals surface area contributed by atoms with Crippen LogP contribution in [0.25, 0.3) is 0 Å². The highest BCUT2D eigenvalue weighted by Crippen LogP contribution is 2.46. The summed E-state index contributed by atoms with van der Waals surface area (Å²) in [5.74, 6) is 4.98. The van der Waals surface area contributed by atoms with E-state index in [1.54, 1.807) is 0 Å². The molecular weight excluding hydrogens is 352 g/mol. The van der Waals surface area contributed by atoms with Crippen molar-refractivity contribution >= 4 is 11.6 Å². The summed E-state index contributed by atoms with van der Waals surface area (Å²) < 4.78 is 15.4. The SMILES string of the molecule is COc1cc(C(=O)NCC#Cc2ccccc2)c([N+](=O)[O-])c(OC)c1OC. The van der Waals surface area contributed by atoms with Crippen LogP contribution in [-0.4, -0.2) is 38.7 Å². The number of nitro benzene ring substituents is 1. The van der Waals surface area contributed by atoms with E-state index in [-0.39, 0.29) is 29.4 Å². The van der Waals surface area contributed by atoms with E-state index in [9.17, 15) is 14.9 Å². The maximum Gasteiger partial charge on any atom is 0.327 e. The molecule has 0 radical (unpaired) electrons. The molecule has 0 unspecified atom stereocenters. The number of methoxy groups -OCH3 is 3. The molecule has 0 spiro atoms. The first-order valence-corrected chi connectivity index (χ1v) is 7.83. The molecule has 0 bridgehead atoms. The zero-order valence-corrected chi connectivity index (χ0v) is 15.1. The van der Waals surface area contributed by atoms with E-state index >= 15 is 0 Å². The number of carbonyl (C=O) groups is 1. The molecule has 0 heterocycles. The topological polar surface area (TPSA) is 99.9 Å². The molecule has 0 aliphatic heterocycles. The van der Waals surface area contributed by atoms with Gasteiger partial charge in [0.05, 0.1) is 32.8 Å². The summed E-state index contributed by atoms with van der Waals surface area (Å²) in [5, 5.41) is 14.0. The van der Waals surface area contributed by atoms with E-state index < -0.39 is 16.5 Å². The van der Waals surface area contributed by atoms with Gasteiger partial charge in [-0.25, -0.2) is 0 Å². The largest absolute Gasteiger partial charge is 0.493 e. The van der Waals surface area contributed by atoms with Crippen LogP contribution in [0, 0.1) is 22.0 Å². The summed E-state index contributed by atoms with van der Waals surface area (Å²) in [6, 6.07) is 10.5. The molecule has 8 nitrogen and oxygen atoms in total. The normalized spacial score (nSPS) is 9.59. The van der Waals surface area contributed by atoms with Crippen molar-refractivity contribution in [3.05, 3.63) is 57.6 Å². The quantitative estimate of drug-likeness (QED) is 0.476. The first-order valence-electron chi connectivity index (χ1n) is 7.83. The third-order valence-electron chi connectivity index (χ3n) is 3.57. The molecule has 0 saturated carbocycles. The van der Waals surface area contributed by atoms with Crippen molar-refractivity contribution in [2.75, 3.05) is 27.9 Å². The first kappa shape index (κ1) is 19.6. The number of nitrogens with zero attached hydrogens (tertiary/aromatic N) is 1. The van der Waals surface area contributed by atoms with Crippen LogP contribution in [0.1, 0.15) is 15.9 Å². The number of hydrogen-bond acceptors (Lipinski definition) is 6. The molecule has 0 atom stereocenters. The van der Waals surface area contributed by atoms with Crippen LogP contribution in [0.4, 0.5) is 5.69 Å². The standard InChI is InChI=1S/C19H18N2O6/c1-25-15-12-14(16(21(23)24)18(27-3)17(15)26-2)19(22)20-11-7-10-13-8-5-4-6-9-13/h4-6,8-9,12H,11H2,1-3H3,(H,20,22). The van der Waals surface area contributed by atoms with Gasteiger partial charge in [0.2, 0.25) is 11.5 Å². The number of benzene rings is 2. The van der Waals surface area contributed by atoms with Crippen LogP contribution in [0.3, 0.4) is 0 Å². The maximum absolute atomic E-state index is 12.5. The van der Waals surface area contributed by atoms with Gasteiger partial charge < -0.3 is 19.5 Å². The zero-order valence-electron chi connectivity index (χ0n) is 15.1. The van der Waals surface area contributed by atoms with Crippen LogP contribution in [-0.2, 0) is 0 Å². The Morgan fingerprint density at radius 3 is 2.33 bits per heavy atom. The summed E-state index contributed by atoms with van der Waals surface area (Å²) >= 11 is 0. The van der Waals surface area contributed by atoms with Gasteiger partial charge in [0.15, 0.2) is 5.75 Å². The van der Waals surface area contributed by atoms with Gasteiger partial charge in [-0.05, 0) is 12.1 Å². The number of nitro groups is 1. The number of rotatable bonds is 6. The molecule has 0 aliphatic carbocycles. The maximum atomic E-state index is 12.5. The third kappa shape index (κ3) is 4.46. The number of nitrogens with one attached hydrogen (secondary N) is 1. The second kappa shape index (κ2) is 9.10. The van der Waals surface area contributed by atoms with Gasteiger partial charge in [-0.1, -0.05) is 30.0 Å². The minimum atomic E-state index is -0.703. The van der Waals surface area contributed by atoms with E-state index in [1.165, 1.54) is 27.4 Å². The fourth-order valence-corrected chi connectivity index (χ4v) is 2.38. The molecular formula is C19H18N2O6. The Balaban J connectivity index is 2.32. The van der Waals surface area contributed by atoms with Crippen LogP contribution >= 0.6 is 0 Å². The van der Waals surface area contributed by atoms with Gasteiger partial charge in [0, 0.05) is 11.6 Å². The first-order chi connectivity index (χ1) is 13.0. The fraction of sp³-hybridized carbons (Fsp3) is 0.211. The van der Waals surface area contributed by atoms with Crippen molar-refractivity contribution in [2.24, 2.45) is 0 Å². The van der Waals surface area contributed by atoms with E-state index in [0.717, 1.165) is 5.56 Å². The van der Waals surface area contributed by atoms with Gasteiger partial charge >= 0.3 is 5.69 Å². The molecule has 1 N–H and O–H groups in total. The highest BCUT2D eigenvalue weighted by atomic mass is 16.6. The van der Waals surface area contributed by atoms with Crippen molar-refractivity contribution in [2.45, 2.75) is 0 Å². The smallest absolute Gasteiger partial charge is 0.327 e. The second-order valence-corrected chi connectivity index (χ2v) is 5.15. The van der Waals surface area contributed by atoms with Gasteiger partial charge in [0.1, 0.15) is 5.56 Å². The Morgan fingerprint density at radius 2 is 1.78 bits per heavy atom. The van der Waals surface area contributed by atoms with E-state index in [1.807, 2.05) is 30.3 Å². The Hall–Kier alpha value is -3.73. The average Bonchev–Trinajstić information content (AvgIpc) is 2.69. The summed E-state index contributed by atoms with van der Waals surface area (Å²) in [5.41, 5.74) is 0.0743. The van der Waals surface area contributed by atoms with Crippen LogP contribution in [0.2, 0.25) is 0 Å². The number of amides is 1. The van der Waals surface area contributed by atoms with E-state index in [2.05, 4.69) is 17.2 Å². The molecule has 2 aromatic rings. The molecule has 27 heavy (non-hydrogen) atoms. The Kier molecular flexibility index (Phi) is 6.61. The molecule has 0 aliphatic rings. The van der Waals surface area contributed by atoms with Gasteiger partial charge in [0.25, 0.3) is 5.91 Å². The lowest BCUT2D eigenvalue weighted by atomic mass is 10.1. The van der Waals surface area contributed by atoms with Crippen LogP contribution < -0.4 is 19.5 Å². The predicted molar refractivity (Wildman–Crippen MR) is 98.4 cm³/mol. The Bertz CT molecular complexity index is 900. The number of carbonyl (C=O) groups excluding carboxylic acids is 1. The summed E-state index contributed by atoms with van der Waals surface area (Å²) in [6.07, 6.45) is 0. The summed E-state index contributed by atoms with van der Waals surface area (Å²) in [6.45, 7) is 0.0154. The predicted octanol–water partition coefficient (Wildman–Crippen LogP) is 2.40. The Labute approximate surface area is 156 Å². The summed E-state index contributed by atoms with van der Waals surface area (Å²) in [4.78, 5) is 23.3. The lowest BCUT2D eigenvalue weighted by Crippen LogP contribution is -2.25. The third-order valence-corrected chi connectivity index (χ3v) is 3.57. The molecule has 0 aromatic heterocycles. The molecule has 0 saturated heterocycles. The zero-order chi connectivity index (χ0) is 19.8. The Morgan fingerprint density at radius 1 is 1.11 bits per heavy atom. The molecule has 1 amide bonds. The van der Waals surface area contributed by atoms with Crippen molar-refractivity contribution in [1.29, 1.82) is 0 Å². The minimum absolute atomic E-state index is 0.0154. The van der Waals surface area contributed by atoms with Crippen molar-refractivity contribution < 1.29 is 23.9 Å². The highest BCUT2D eigenvalue weighted by molar-refractivity contribution is 6.00. The number of ether oxygens (including phenoxy) is 3. The summed E-state index contributed by atoms with van der Waals surface area (Å²) in [7, 11) is 3.93. The molecule has 8 heteroatoms. The second-order valence-electron chi connectivity index (χ2n) is 5.15. The van der Waals surface area contributed by atoms with Crippen molar-refractivity contribution in [3.63, 3.8) is 0 Å². The lowest BCUT2D eigenvalue weighted by Gasteiger charge is -2.14. The van der Waals surface area contributed by atoms with Crippen LogP contribution in [0.5, 0.6) is 17.2 Å².